The van der Waals surface area contributed by atoms with Crippen LogP contribution in [0.4, 0.5) is 11.4 Å². The van der Waals surface area contributed by atoms with Crippen molar-refractivity contribution in [2.24, 2.45) is 0 Å². The number of ether oxygens (including phenoxy) is 1. The molecular weight excluding hydrogens is 500 g/mol. The Kier molecular flexibility index (Phi) is 9.43. The van der Waals surface area contributed by atoms with E-state index in [0.717, 1.165) is 22.7 Å². The molecule has 0 spiro atoms. The van der Waals surface area contributed by atoms with Gasteiger partial charge in [0.05, 0.1) is 18.3 Å². The Morgan fingerprint density at radius 3 is 2.46 bits per heavy atom. The van der Waals surface area contributed by atoms with Gasteiger partial charge in [-0.25, -0.2) is 8.42 Å². The van der Waals surface area contributed by atoms with E-state index in [1.807, 2.05) is 0 Å². The van der Waals surface area contributed by atoms with Gasteiger partial charge in [-0.2, -0.15) is 0 Å². The van der Waals surface area contributed by atoms with E-state index in [2.05, 4.69) is 5.32 Å². The summed E-state index contributed by atoms with van der Waals surface area (Å²) in [5.74, 6) is -1.11. The number of nitro groups is 1. The summed E-state index contributed by atoms with van der Waals surface area (Å²) in [5.41, 5.74) is 0.0696. The van der Waals surface area contributed by atoms with Crippen molar-refractivity contribution in [2.45, 2.75) is 26.4 Å². The first-order chi connectivity index (χ1) is 16.4. The molecule has 190 valence electrons. The van der Waals surface area contributed by atoms with Gasteiger partial charge in [0.25, 0.3) is 5.69 Å². The van der Waals surface area contributed by atoms with Gasteiger partial charge in [-0.1, -0.05) is 23.7 Å². The predicted molar refractivity (Wildman–Crippen MR) is 132 cm³/mol. The van der Waals surface area contributed by atoms with Gasteiger partial charge in [-0.05, 0) is 37.6 Å². The average molecular weight is 527 g/mol. The van der Waals surface area contributed by atoms with Crippen molar-refractivity contribution in [2.75, 3.05) is 30.8 Å². The van der Waals surface area contributed by atoms with Gasteiger partial charge in [-0.3, -0.25) is 24.0 Å². The minimum Gasteiger partial charge on any atom is -0.495 e. The van der Waals surface area contributed by atoms with E-state index in [9.17, 15) is 28.1 Å². The molecule has 0 aliphatic heterocycles. The normalized spacial score (nSPS) is 11.9. The molecule has 35 heavy (non-hydrogen) atoms. The standard InChI is InChI=1S/C22H27ClN4O7S/c1-5-24-22(29)15(2)25(13-16-7-6-8-17(23)11-16)21(28)14-26(35(4,32)33)19-12-18(27(30)31)9-10-20(19)34-3/h6-12,15H,5,13-14H2,1-4H3,(H,24,29)/t15-/m1/s1. The Morgan fingerprint density at radius 2 is 1.91 bits per heavy atom. The van der Waals surface area contributed by atoms with E-state index in [0.29, 0.717) is 17.1 Å². The third-order valence-electron chi connectivity index (χ3n) is 5.08. The molecule has 0 saturated heterocycles. The maximum absolute atomic E-state index is 13.5. The van der Waals surface area contributed by atoms with Crippen LogP contribution in [0.1, 0.15) is 19.4 Å². The molecule has 11 nitrogen and oxygen atoms in total. The van der Waals surface area contributed by atoms with Gasteiger partial charge in [0.1, 0.15) is 24.0 Å². The van der Waals surface area contributed by atoms with Crippen molar-refractivity contribution >= 4 is 44.8 Å². The number of nitrogens with one attached hydrogen (secondary N) is 1. The van der Waals surface area contributed by atoms with Crippen LogP contribution < -0.4 is 14.4 Å². The molecule has 0 aliphatic rings. The first-order valence-corrected chi connectivity index (χ1v) is 12.7. The number of nitrogens with zero attached hydrogens (tertiary/aromatic N) is 3. The van der Waals surface area contributed by atoms with Crippen molar-refractivity contribution < 1.29 is 27.7 Å². The maximum Gasteiger partial charge on any atom is 0.271 e. The zero-order valence-corrected chi connectivity index (χ0v) is 21.3. The highest BCUT2D eigenvalue weighted by Gasteiger charge is 2.31. The molecule has 0 saturated carbocycles. The number of carbonyl (C=O) groups excluding carboxylic acids is 2. The fourth-order valence-corrected chi connectivity index (χ4v) is 4.38. The molecule has 2 aromatic rings. The highest BCUT2D eigenvalue weighted by molar-refractivity contribution is 7.92. The van der Waals surface area contributed by atoms with Crippen LogP contribution in [0.3, 0.4) is 0 Å². The van der Waals surface area contributed by atoms with Gasteiger partial charge in [-0.15, -0.1) is 0 Å². The van der Waals surface area contributed by atoms with Crippen LogP contribution in [-0.4, -0.2) is 62.6 Å². The minimum atomic E-state index is -4.10. The fourth-order valence-electron chi connectivity index (χ4n) is 3.32. The molecule has 0 aromatic heterocycles. The van der Waals surface area contributed by atoms with Crippen LogP contribution >= 0.6 is 11.6 Å². The van der Waals surface area contributed by atoms with E-state index in [4.69, 9.17) is 16.3 Å². The highest BCUT2D eigenvalue weighted by Crippen LogP contribution is 2.33. The van der Waals surface area contributed by atoms with Crippen molar-refractivity contribution in [1.82, 2.24) is 10.2 Å². The lowest BCUT2D eigenvalue weighted by Gasteiger charge is -2.31. The van der Waals surface area contributed by atoms with Crippen LogP contribution in [0, 0.1) is 10.1 Å². The number of amides is 2. The second kappa shape index (κ2) is 11.8. The quantitative estimate of drug-likeness (QED) is 0.350. The topological polar surface area (TPSA) is 139 Å². The van der Waals surface area contributed by atoms with E-state index in [1.165, 1.54) is 25.0 Å². The summed E-state index contributed by atoms with van der Waals surface area (Å²) in [7, 11) is -2.82. The van der Waals surface area contributed by atoms with E-state index < -0.39 is 39.3 Å². The number of rotatable bonds is 11. The summed E-state index contributed by atoms with van der Waals surface area (Å²) in [6, 6.07) is 9.16. The second-order valence-electron chi connectivity index (χ2n) is 7.61. The lowest BCUT2D eigenvalue weighted by Crippen LogP contribution is -2.51. The first kappa shape index (κ1) is 27.9. The van der Waals surface area contributed by atoms with Gasteiger partial charge < -0.3 is 15.0 Å². The van der Waals surface area contributed by atoms with Gasteiger partial charge in [0.15, 0.2) is 0 Å². The first-order valence-electron chi connectivity index (χ1n) is 10.5. The predicted octanol–water partition coefficient (Wildman–Crippen LogP) is 2.58. The molecule has 0 fully saturated rings. The lowest BCUT2D eigenvalue weighted by molar-refractivity contribution is -0.384. The molecule has 1 N–H and O–H groups in total. The molecule has 0 heterocycles. The summed E-state index contributed by atoms with van der Waals surface area (Å²) in [6.07, 6.45) is 0.868. The van der Waals surface area contributed by atoms with Crippen molar-refractivity contribution in [3.63, 3.8) is 0 Å². The van der Waals surface area contributed by atoms with Gasteiger partial charge >= 0.3 is 0 Å². The number of halogens is 1. The Morgan fingerprint density at radius 1 is 1.23 bits per heavy atom. The zero-order chi connectivity index (χ0) is 26.3. The Bertz CT molecular complexity index is 1210. The molecule has 2 rings (SSSR count). The van der Waals surface area contributed by atoms with Gasteiger partial charge in [0.2, 0.25) is 21.8 Å². The van der Waals surface area contributed by atoms with Crippen LogP contribution in [-0.2, 0) is 26.2 Å². The number of benzene rings is 2. The van der Waals surface area contributed by atoms with Gasteiger partial charge in [0, 0.05) is 30.2 Å². The monoisotopic (exact) mass is 526 g/mol. The van der Waals surface area contributed by atoms with Crippen LogP contribution in [0.5, 0.6) is 5.75 Å². The number of hydrogen-bond acceptors (Lipinski definition) is 7. The Hall–Kier alpha value is -3.38. The Labute approximate surface area is 208 Å². The average Bonchev–Trinajstić information content (AvgIpc) is 2.79. The zero-order valence-electron chi connectivity index (χ0n) is 19.7. The third-order valence-corrected chi connectivity index (χ3v) is 6.44. The second-order valence-corrected chi connectivity index (χ2v) is 9.95. The molecule has 0 aliphatic carbocycles. The lowest BCUT2D eigenvalue weighted by atomic mass is 10.1. The van der Waals surface area contributed by atoms with E-state index in [-0.39, 0.29) is 23.7 Å². The molecular formula is C22H27ClN4O7S. The van der Waals surface area contributed by atoms with Crippen LogP contribution in [0.25, 0.3) is 0 Å². The number of non-ortho nitro benzene ring substituents is 1. The number of nitro benzene ring substituents is 1. The van der Waals surface area contributed by atoms with Crippen molar-refractivity contribution in [3.8, 4) is 5.75 Å². The maximum atomic E-state index is 13.5. The van der Waals surface area contributed by atoms with Crippen LogP contribution in [0.15, 0.2) is 42.5 Å². The summed E-state index contributed by atoms with van der Waals surface area (Å²) in [4.78, 5) is 37.8. The summed E-state index contributed by atoms with van der Waals surface area (Å²) in [5, 5.41) is 14.4. The molecule has 2 aromatic carbocycles. The minimum absolute atomic E-state index is 0.0204. The Balaban J connectivity index is 2.51. The smallest absolute Gasteiger partial charge is 0.271 e. The molecule has 0 unspecified atom stereocenters. The van der Waals surface area contributed by atoms with E-state index in [1.54, 1.807) is 31.2 Å². The number of sulfonamides is 1. The number of hydrogen-bond donors (Lipinski definition) is 1. The van der Waals surface area contributed by atoms with E-state index >= 15 is 0 Å². The summed E-state index contributed by atoms with van der Waals surface area (Å²) in [6.45, 7) is 2.84. The third kappa shape index (κ3) is 7.30. The number of carbonyl (C=O) groups is 2. The summed E-state index contributed by atoms with van der Waals surface area (Å²) >= 11 is 6.06. The molecule has 13 heteroatoms. The number of anilines is 1. The van der Waals surface area contributed by atoms with Crippen LogP contribution in [0.2, 0.25) is 5.02 Å². The molecule has 1 atom stereocenters. The number of likely N-dealkylation sites (N-methyl/N-ethyl adjacent to an activating group) is 1. The highest BCUT2D eigenvalue weighted by atomic mass is 35.5. The summed E-state index contributed by atoms with van der Waals surface area (Å²) < 4.78 is 31.3. The van der Waals surface area contributed by atoms with Crippen molar-refractivity contribution in [1.29, 1.82) is 0 Å². The fraction of sp³-hybridized carbons (Fsp3) is 0.364. The molecule has 0 bridgehead atoms. The molecule has 0 radical (unpaired) electrons. The molecule has 2 amide bonds. The largest absolute Gasteiger partial charge is 0.495 e. The number of methoxy groups -OCH3 is 1. The SMILES string of the molecule is CCNC(=O)[C@@H](C)N(Cc1cccc(Cl)c1)C(=O)CN(c1cc([N+](=O)[O-])ccc1OC)S(C)(=O)=O. The van der Waals surface area contributed by atoms with Crippen molar-refractivity contribution in [3.05, 3.63) is 63.2 Å².